The molecule has 19 heavy (non-hydrogen) atoms. The van der Waals surface area contributed by atoms with Crippen molar-refractivity contribution in [2.45, 2.75) is 0 Å². The van der Waals surface area contributed by atoms with Gasteiger partial charge in [0, 0.05) is 12.1 Å². The van der Waals surface area contributed by atoms with E-state index in [9.17, 15) is 25.5 Å². The number of aromatic hydroxyl groups is 5. The van der Waals surface area contributed by atoms with Gasteiger partial charge in [-0.2, -0.15) is 0 Å². The van der Waals surface area contributed by atoms with E-state index in [2.05, 4.69) is 0 Å². The topological polar surface area (TPSA) is 110 Å². The van der Waals surface area contributed by atoms with E-state index in [1.807, 2.05) is 0 Å². The molecule has 0 spiro atoms. The molecule has 2 aromatic rings. The average Bonchev–Trinajstić information content (AvgIpc) is 2.36. The molecule has 100 valence electrons. The van der Waals surface area contributed by atoms with Crippen LogP contribution >= 0.6 is 23.0 Å². The fraction of sp³-hybridized carbons (Fsp3) is 0. The zero-order valence-electron chi connectivity index (χ0n) is 9.33. The van der Waals surface area contributed by atoms with Crippen LogP contribution in [-0.4, -0.2) is 25.5 Å². The minimum Gasteiger partial charge on any atom is -0.508 e. The van der Waals surface area contributed by atoms with Crippen molar-refractivity contribution in [3.05, 3.63) is 24.3 Å². The summed E-state index contributed by atoms with van der Waals surface area (Å²) in [5, 5.41) is 48.3. The smallest absolute Gasteiger partial charge is 0.192 e. The van der Waals surface area contributed by atoms with Crippen molar-refractivity contribution >= 4 is 23.0 Å². The van der Waals surface area contributed by atoms with Crippen molar-refractivity contribution in [2.75, 3.05) is 0 Å². The third-order valence-electron chi connectivity index (χ3n) is 2.53. The van der Waals surface area contributed by atoms with Crippen molar-refractivity contribution in [1.82, 2.24) is 0 Å². The summed E-state index contributed by atoms with van der Waals surface area (Å²) in [6.07, 6.45) is 0. The Labute approximate surface area is 121 Å². The Morgan fingerprint density at radius 3 is 2.05 bits per heavy atom. The third kappa shape index (κ3) is 2.28. The van der Waals surface area contributed by atoms with E-state index in [1.165, 1.54) is 29.1 Å². The Kier molecular flexibility index (Phi) is 3.47. The van der Waals surface area contributed by atoms with Crippen LogP contribution in [0.25, 0.3) is 11.1 Å². The predicted molar refractivity (Wildman–Crippen MR) is 74.8 cm³/mol. The predicted octanol–water partition coefficient (Wildman–Crippen LogP) is 2.61. The number of phenols is 5. The molecule has 2 aromatic carbocycles. The molecule has 0 heterocycles. The van der Waals surface area contributed by atoms with Gasteiger partial charge in [-0.25, -0.2) is 0 Å². The molecule has 7 heteroatoms. The van der Waals surface area contributed by atoms with Gasteiger partial charge in [0.05, 0.1) is 11.1 Å². The quantitative estimate of drug-likeness (QED) is 0.313. The monoisotopic (exact) mass is 376 g/mol. The molecule has 0 aliphatic heterocycles. The lowest BCUT2D eigenvalue weighted by atomic mass is 10.0. The van der Waals surface area contributed by atoms with Crippen molar-refractivity contribution in [3.63, 3.8) is 0 Å². The number of benzene rings is 2. The minimum absolute atomic E-state index is 0.0225. The third-order valence-corrected chi connectivity index (χ3v) is 3.01. The molecule has 0 aliphatic carbocycles. The first-order chi connectivity index (χ1) is 8.95. The fourth-order valence-electron chi connectivity index (χ4n) is 1.71. The Balaban J connectivity index is 2.83. The van der Waals surface area contributed by atoms with E-state index in [1.54, 1.807) is 0 Å². The summed E-state index contributed by atoms with van der Waals surface area (Å²) in [4.78, 5) is 0. The van der Waals surface area contributed by atoms with Gasteiger partial charge in [-0.15, -0.1) is 0 Å². The highest BCUT2D eigenvalue weighted by molar-refractivity contribution is 14.1. The SMILES string of the molecule is Oc1cc(O)c(-c2c(O)ccc(O)c2O)c(OI)c1. The van der Waals surface area contributed by atoms with Crippen LogP contribution < -0.4 is 3.07 Å². The van der Waals surface area contributed by atoms with Gasteiger partial charge in [0.25, 0.3) is 0 Å². The van der Waals surface area contributed by atoms with E-state index < -0.39 is 17.2 Å². The van der Waals surface area contributed by atoms with Gasteiger partial charge < -0.3 is 28.6 Å². The molecule has 0 saturated heterocycles. The minimum atomic E-state index is -0.601. The van der Waals surface area contributed by atoms with E-state index in [4.69, 9.17) is 3.07 Å². The fourth-order valence-corrected chi connectivity index (χ4v) is 2.06. The summed E-state index contributed by atoms with van der Waals surface area (Å²) in [6, 6.07) is 4.49. The molecule has 0 saturated carbocycles. The summed E-state index contributed by atoms with van der Waals surface area (Å²) >= 11 is 1.52. The number of hydrogen-bond acceptors (Lipinski definition) is 6. The van der Waals surface area contributed by atoms with Gasteiger partial charge in [0.1, 0.15) is 23.0 Å². The number of rotatable bonds is 2. The van der Waals surface area contributed by atoms with E-state index >= 15 is 0 Å². The molecule has 0 radical (unpaired) electrons. The summed E-state index contributed by atoms with van der Waals surface area (Å²) in [5.74, 6) is -2.05. The molecule has 0 aromatic heterocycles. The van der Waals surface area contributed by atoms with Crippen LogP contribution in [0.1, 0.15) is 0 Å². The number of halogens is 1. The summed E-state index contributed by atoms with van der Waals surface area (Å²) in [6.45, 7) is 0. The van der Waals surface area contributed by atoms with Gasteiger partial charge in [-0.3, -0.25) is 0 Å². The first kappa shape index (κ1) is 13.4. The van der Waals surface area contributed by atoms with E-state index in [0.29, 0.717) is 0 Å². The largest absolute Gasteiger partial charge is 0.508 e. The number of hydrogen-bond donors (Lipinski definition) is 5. The standard InChI is InChI=1S/C12H9IO6/c13-19-9-4-5(14)3-8(17)10(9)11-6(15)1-2-7(16)12(11)18/h1-4,14-18H. The maximum Gasteiger partial charge on any atom is 0.192 e. The Morgan fingerprint density at radius 1 is 0.789 bits per heavy atom. The maximum atomic E-state index is 9.85. The molecule has 5 N–H and O–H groups in total. The van der Waals surface area contributed by atoms with Gasteiger partial charge in [0.15, 0.2) is 34.5 Å². The van der Waals surface area contributed by atoms with Crippen molar-refractivity contribution < 1.29 is 28.6 Å². The summed E-state index contributed by atoms with van der Waals surface area (Å²) < 4.78 is 4.96. The Morgan fingerprint density at radius 2 is 1.42 bits per heavy atom. The molecule has 0 unspecified atom stereocenters. The lowest BCUT2D eigenvalue weighted by Crippen LogP contribution is -1.87. The molecular weight excluding hydrogens is 367 g/mol. The molecule has 6 nitrogen and oxygen atoms in total. The van der Waals surface area contributed by atoms with Crippen LogP contribution in [0.5, 0.6) is 34.5 Å². The molecule has 0 fully saturated rings. The van der Waals surface area contributed by atoms with E-state index in [0.717, 1.165) is 18.2 Å². The Hall–Kier alpha value is -2.03. The lowest BCUT2D eigenvalue weighted by Gasteiger charge is -2.13. The van der Waals surface area contributed by atoms with E-state index in [-0.39, 0.29) is 28.4 Å². The normalized spacial score (nSPS) is 10.4. The first-order valence-electron chi connectivity index (χ1n) is 5.04. The molecular formula is C12H9IO6. The molecule has 0 amide bonds. The van der Waals surface area contributed by atoms with Crippen LogP contribution in [-0.2, 0) is 0 Å². The molecule has 0 bridgehead atoms. The van der Waals surface area contributed by atoms with Gasteiger partial charge in [-0.1, -0.05) is 0 Å². The molecule has 0 atom stereocenters. The van der Waals surface area contributed by atoms with Crippen LogP contribution in [0.15, 0.2) is 24.3 Å². The zero-order chi connectivity index (χ0) is 14.2. The van der Waals surface area contributed by atoms with Gasteiger partial charge in [-0.05, 0) is 12.1 Å². The van der Waals surface area contributed by atoms with Crippen LogP contribution in [0, 0.1) is 0 Å². The highest BCUT2D eigenvalue weighted by Crippen LogP contribution is 2.50. The summed E-state index contributed by atoms with van der Waals surface area (Å²) in [7, 11) is 0. The van der Waals surface area contributed by atoms with Crippen LogP contribution in [0.4, 0.5) is 0 Å². The molecule has 0 aliphatic rings. The summed E-state index contributed by atoms with van der Waals surface area (Å²) in [5.41, 5.74) is -0.234. The highest BCUT2D eigenvalue weighted by Gasteiger charge is 2.22. The van der Waals surface area contributed by atoms with Crippen molar-refractivity contribution in [1.29, 1.82) is 0 Å². The highest BCUT2D eigenvalue weighted by atomic mass is 127. The lowest BCUT2D eigenvalue weighted by molar-refractivity contribution is 0.397. The zero-order valence-corrected chi connectivity index (χ0v) is 11.5. The van der Waals surface area contributed by atoms with Crippen LogP contribution in [0.2, 0.25) is 0 Å². The van der Waals surface area contributed by atoms with Crippen molar-refractivity contribution in [3.8, 4) is 45.6 Å². The average molecular weight is 376 g/mol. The maximum absolute atomic E-state index is 9.85. The molecule has 2 rings (SSSR count). The second kappa shape index (κ2) is 4.92. The van der Waals surface area contributed by atoms with Gasteiger partial charge >= 0.3 is 0 Å². The number of phenolic OH excluding ortho intramolecular Hbond substituents is 5. The van der Waals surface area contributed by atoms with Gasteiger partial charge in [0.2, 0.25) is 0 Å². The van der Waals surface area contributed by atoms with Crippen molar-refractivity contribution in [2.24, 2.45) is 0 Å². The Bertz CT molecular complexity index is 641. The second-order valence-corrected chi connectivity index (χ2v) is 4.18. The van der Waals surface area contributed by atoms with Crippen LogP contribution in [0.3, 0.4) is 0 Å². The first-order valence-corrected chi connectivity index (χ1v) is 5.92. The second-order valence-electron chi connectivity index (χ2n) is 3.74.